The van der Waals surface area contributed by atoms with E-state index in [2.05, 4.69) is 10.6 Å². The predicted octanol–water partition coefficient (Wildman–Crippen LogP) is 2.69. The van der Waals surface area contributed by atoms with E-state index in [4.69, 9.17) is 32.7 Å². The van der Waals surface area contributed by atoms with Crippen molar-refractivity contribution in [2.45, 2.75) is 19.0 Å². The third-order valence-corrected chi connectivity index (χ3v) is 4.27. The summed E-state index contributed by atoms with van der Waals surface area (Å²) >= 11 is 12.2. The van der Waals surface area contributed by atoms with E-state index in [1.807, 2.05) is 0 Å². The second-order valence-corrected chi connectivity index (χ2v) is 6.58. The summed E-state index contributed by atoms with van der Waals surface area (Å²) in [4.78, 5) is 45.8. The van der Waals surface area contributed by atoms with E-state index < -0.39 is 24.3 Å². The maximum absolute atomic E-state index is 12.3. The topological polar surface area (TPSA) is 126 Å². The van der Waals surface area contributed by atoms with Crippen molar-refractivity contribution in [3.05, 3.63) is 63.5 Å². The number of carboxylic acid groups (broad SMARTS) is 1. The fourth-order valence-electron chi connectivity index (χ4n) is 2.28. The first kappa shape index (κ1) is 22.2. The van der Waals surface area contributed by atoms with Crippen molar-refractivity contribution in [3.63, 3.8) is 0 Å². The largest absolute Gasteiger partial charge is 0.480 e. The molecular formula is C19H16Cl2N2O6. The average molecular weight is 439 g/mol. The minimum Gasteiger partial charge on any atom is -0.480 e. The molecule has 1 aromatic heterocycles. The number of rotatable bonds is 9. The number of carboxylic acids is 1. The number of benzene rings is 1. The number of halogens is 2. The second-order valence-electron chi connectivity index (χ2n) is 5.77. The molecule has 0 aliphatic carbocycles. The first-order chi connectivity index (χ1) is 13.8. The Bertz CT molecular complexity index is 917. The Labute approximate surface area is 175 Å². The van der Waals surface area contributed by atoms with Crippen molar-refractivity contribution in [3.8, 4) is 0 Å². The van der Waals surface area contributed by atoms with Crippen LogP contribution in [-0.2, 0) is 20.9 Å². The van der Waals surface area contributed by atoms with Crippen molar-refractivity contribution in [2.75, 3.05) is 0 Å². The molecule has 2 rings (SSSR count). The van der Waals surface area contributed by atoms with Crippen LogP contribution in [0.3, 0.4) is 0 Å². The molecule has 8 nitrogen and oxygen atoms in total. The Morgan fingerprint density at radius 2 is 1.90 bits per heavy atom. The minimum absolute atomic E-state index is 0.0272. The molecule has 0 fully saturated rings. The standard InChI is InChI=1S/C19H16Cl2N2O6/c20-13-8-11(10-22-16(25)4-3-12-2-1-7-29-12)9-14(21)17(13)18(26)23-15(5-6-24)19(27)28/h1-4,6-9,15H,5,10H2,(H,22,25)(H,23,26)(H,27,28)/b4-3+/t15-/m0/s1. The second kappa shape index (κ2) is 10.4. The summed E-state index contributed by atoms with van der Waals surface area (Å²) in [5, 5.41) is 13.8. The summed E-state index contributed by atoms with van der Waals surface area (Å²) < 4.78 is 5.08. The maximum Gasteiger partial charge on any atom is 0.326 e. The molecule has 0 saturated heterocycles. The summed E-state index contributed by atoms with van der Waals surface area (Å²) in [6, 6.07) is 4.84. The van der Waals surface area contributed by atoms with Crippen molar-refractivity contribution in [1.82, 2.24) is 10.6 Å². The highest BCUT2D eigenvalue weighted by molar-refractivity contribution is 6.39. The molecule has 2 amide bonds. The molecule has 0 bridgehead atoms. The van der Waals surface area contributed by atoms with Crippen LogP contribution >= 0.6 is 23.2 Å². The van der Waals surface area contributed by atoms with Gasteiger partial charge in [0.25, 0.3) is 5.91 Å². The molecule has 0 spiro atoms. The Hall–Kier alpha value is -3.10. The van der Waals surface area contributed by atoms with E-state index >= 15 is 0 Å². The van der Waals surface area contributed by atoms with E-state index in [1.54, 1.807) is 12.1 Å². The number of carbonyl (C=O) groups is 4. The zero-order chi connectivity index (χ0) is 21.4. The van der Waals surface area contributed by atoms with Gasteiger partial charge in [-0.05, 0) is 35.9 Å². The van der Waals surface area contributed by atoms with E-state index in [-0.39, 0.29) is 28.1 Å². The number of hydrogen-bond acceptors (Lipinski definition) is 5. The fraction of sp³-hybridized carbons (Fsp3) is 0.158. The fourth-order valence-corrected chi connectivity index (χ4v) is 2.99. The zero-order valence-electron chi connectivity index (χ0n) is 14.9. The molecule has 0 unspecified atom stereocenters. The Morgan fingerprint density at radius 1 is 1.21 bits per heavy atom. The molecule has 0 radical (unpaired) electrons. The summed E-state index contributed by atoms with van der Waals surface area (Å²) in [6.45, 7) is 0.0888. The van der Waals surface area contributed by atoms with Gasteiger partial charge in [0, 0.05) is 19.0 Å². The number of nitrogens with one attached hydrogen (secondary N) is 2. The number of furan rings is 1. The number of carbonyl (C=O) groups excluding carboxylic acids is 3. The van der Waals surface area contributed by atoms with Gasteiger partial charge < -0.3 is 25.0 Å². The lowest BCUT2D eigenvalue weighted by molar-refractivity contribution is -0.140. The summed E-state index contributed by atoms with van der Waals surface area (Å²) in [7, 11) is 0. The molecule has 1 atom stereocenters. The van der Waals surface area contributed by atoms with Crippen molar-refractivity contribution >= 4 is 53.3 Å². The van der Waals surface area contributed by atoms with Gasteiger partial charge in [0.15, 0.2) is 0 Å². The quantitative estimate of drug-likeness (QED) is 0.408. The highest BCUT2D eigenvalue weighted by atomic mass is 35.5. The number of hydrogen-bond donors (Lipinski definition) is 3. The van der Waals surface area contributed by atoms with Gasteiger partial charge in [0.1, 0.15) is 18.1 Å². The van der Waals surface area contributed by atoms with Crippen LogP contribution in [-0.4, -0.2) is 35.2 Å². The van der Waals surface area contributed by atoms with Crippen LogP contribution in [0.5, 0.6) is 0 Å². The van der Waals surface area contributed by atoms with E-state index in [0.29, 0.717) is 17.6 Å². The van der Waals surface area contributed by atoms with Gasteiger partial charge in [-0.15, -0.1) is 0 Å². The normalized spacial score (nSPS) is 11.8. The number of aliphatic carboxylic acids is 1. The molecular weight excluding hydrogens is 423 g/mol. The number of amides is 2. The molecule has 1 heterocycles. The summed E-state index contributed by atoms with van der Waals surface area (Å²) in [5.41, 5.74) is 0.400. The van der Waals surface area contributed by atoms with Crippen LogP contribution < -0.4 is 10.6 Å². The smallest absolute Gasteiger partial charge is 0.326 e. The van der Waals surface area contributed by atoms with Crippen molar-refractivity contribution < 1.29 is 28.7 Å². The molecule has 3 N–H and O–H groups in total. The van der Waals surface area contributed by atoms with E-state index in [1.165, 1.54) is 30.5 Å². The van der Waals surface area contributed by atoms with Crippen LogP contribution in [0.25, 0.3) is 6.08 Å². The summed E-state index contributed by atoms with van der Waals surface area (Å²) in [5.74, 6) is -2.05. The first-order valence-corrected chi connectivity index (χ1v) is 9.02. The van der Waals surface area contributed by atoms with Gasteiger partial charge in [-0.1, -0.05) is 23.2 Å². The van der Waals surface area contributed by atoms with Crippen molar-refractivity contribution in [1.29, 1.82) is 0 Å². The highest BCUT2D eigenvalue weighted by Gasteiger charge is 2.23. The molecule has 0 aliphatic heterocycles. The van der Waals surface area contributed by atoms with Crippen LogP contribution in [0.4, 0.5) is 0 Å². The molecule has 0 aliphatic rings. The van der Waals surface area contributed by atoms with E-state index in [0.717, 1.165) is 0 Å². The Kier molecular flexibility index (Phi) is 7.99. The predicted molar refractivity (Wildman–Crippen MR) is 106 cm³/mol. The monoisotopic (exact) mass is 438 g/mol. The molecule has 29 heavy (non-hydrogen) atoms. The lowest BCUT2D eigenvalue weighted by Gasteiger charge is -2.14. The maximum atomic E-state index is 12.3. The zero-order valence-corrected chi connectivity index (χ0v) is 16.4. The third-order valence-electron chi connectivity index (χ3n) is 3.67. The first-order valence-electron chi connectivity index (χ1n) is 8.26. The highest BCUT2D eigenvalue weighted by Crippen LogP contribution is 2.27. The SMILES string of the molecule is O=CC[C@H](NC(=O)c1c(Cl)cc(CNC(=O)/C=C/c2ccco2)cc1Cl)C(=O)O. The Morgan fingerprint density at radius 3 is 2.45 bits per heavy atom. The van der Waals surface area contributed by atoms with Gasteiger partial charge in [-0.25, -0.2) is 4.79 Å². The molecule has 152 valence electrons. The third kappa shape index (κ3) is 6.48. The van der Waals surface area contributed by atoms with E-state index in [9.17, 15) is 19.2 Å². The average Bonchev–Trinajstić information content (AvgIpc) is 3.17. The van der Waals surface area contributed by atoms with Crippen LogP contribution in [0, 0.1) is 0 Å². The minimum atomic E-state index is -1.40. The summed E-state index contributed by atoms with van der Waals surface area (Å²) in [6.07, 6.45) is 4.26. The van der Waals surface area contributed by atoms with Gasteiger partial charge >= 0.3 is 5.97 Å². The van der Waals surface area contributed by atoms with Gasteiger partial charge in [-0.2, -0.15) is 0 Å². The van der Waals surface area contributed by atoms with Gasteiger partial charge in [0.2, 0.25) is 5.91 Å². The Balaban J connectivity index is 2.04. The lowest BCUT2D eigenvalue weighted by Crippen LogP contribution is -2.41. The molecule has 10 heteroatoms. The number of aldehydes is 1. The molecule has 2 aromatic rings. The van der Waals surface area contributed by atoms with Crippen molar-refractivity contribution in [2.24, 2.45) is 0 Å². The van der Waals surface area contributed by atoms with Crippen LogP contribution in [0.2, 0.25) is 10.0 Å². The molecule has 1 aromatic carbocycles. The molecule has 0 saturated carbocycles. The van der Waals surface area contributed by atoms with Crippen LogP contribution in [0.1, 0.15) is 28.1 Å². The van der Waals surface area contributed by atoms with Gasteiger partial charge in [-0.3, -0.25) is 9.59 Å². The van der Waals surface area contributed by atoms with Gasteiger partial charge in [0.05, 0.1) is 21.9 Å². The lowest BCUT2D eigenvalue weighted by atomic mass is 10.1. The van der Waals surface area contributed by atoms with Crippen LogP contribution in [0.15, 0.2) is 41.0 Å².